The number of hydrazone groups is 1. The van der Waals surface area contributed by atoms with Crippen molar-refractivity contribution >= 4 is 35.1 Å². The molecule has 0 aliphatic heterocycles. The normalized spacial score (nSPS) is 11.0. The van der Waals surface area contributed by atoms with Gasteiger partial charge in [0.05, 0.1) is 12.6 Å². The third-order valence-electron chi connectivity index (χ3n) is 3.05. The lowest BCUT2D eigenvalue weighted by Crippen LogP contribution is -2.19. The van der Waals surface area contributed by atoms with Crippen LogP contribution in [0, 0.1) is 0 Å². The molecular weight excluding hydrogens is 332 g/mol. The summed E-state index contributed by atoms with van der Waals surface area (Å²) >= 11 is 7.40. The van der Waals surface area contributed by atoms with E-state index in [1.54, 1.807) is 29.5 Å². The molecule has 0 spiro atoms. The Labute approximate surface area is 142 Å². The first-order chi connectivity index (χ1) is 11.2. The van der Waals surface area contributed by atoms with E-state index in [4.69, 9.17) is 16.0 Å². The standard InChI is InChI=1S/C17H13ClN2O2S/c18-13-5-3-12(4-6-13)16-8-7-14(22-16)11-19-20-17(21)10-15-2-1-9-23-15/h1-9,11H,10H2,(H,20,21). The van der Waals surface area contributed by atoms with Gasteiger partial charge in [0, 0.05) is 15.5 Å². The number of carbonyl (C=O) groups is 1. The molecule has 0 fully saturated rings. The van der Waals surface area contributed by atoms with Crippen molar-refractivity contribution in [2.24, 2.45) is 5.10 Å². The van der Waals surface area contributed by atoms with Crippen molar-refractivity contribution in [2.45, 2.75) is 6.42 Å². The van der Waals surface area contributed by atoms with E-state index in [1.165, 1.54) is 6.21 Å². The van der Waals surface area contributed by atoms with Gasteiger partial charge in [0.2, 0.25) is 5.91 Å². The average molecular weight is 345 g/mol. The number of hydrogen-bond acceptors (Lipinski definition) is 4. The molecule has 6 heteroatoms. The average Bonchev–Trinajstić information content (AvgIpc) is 3.20. The summed E-state index contributed by atoms with van der Waals surface area (Å²) in [5.74, 6) is 1.12. The molecular formula is C17H13ClN2O2S. The van der Waals surface area contributed by atoms with Crippen molar-refractivity contribution in [3.63, 3.8) is 0 Å². The quantitative estimate of drug-likeness (QED) is 0.552. The Morgan fingerprint density at radius 3 is 2.78 bits per heavy atom. The van der Waals surface area contributed by atoms with Crippen LogP contribution >= 0.6 is 22.9 Å². The van der Waals surface area contributed by atoms with E-state index in [2.05, 4.69) is 10.5 Å². The Balaban J connectivity index is 1.58. The molecule has 3 aromatic rings. The zero-order chi connectivity index (χ0) is 16.1. The molecule has 0 aliphatic rings. The summed E-state index contributed by atoms with van der Waals surface area (Å²) < 4.78 is 5.66. The SMILES string of the molecule is O=C(Cc1cccs1)NN=Cc1ccc(-c2ccc(Cl)cc2)o1. The Hall–Kier alpha value is -2.37. The molecule has 4 nitrogen and oxygen atoms in total. The number of halogens is 1. The van der Waals surface area contributed by atoms with Crippen molar-refractivity contribution in [3.8, 4) is 11.3 Å². The van der Waals surface area contributed by atoms with Crippen molar-refractivity contribution in [1.29, 1.82) is 0 Å². The second kappa shape index (κ2) is 7.26. The van der Waals surface area contributed by atoms with Crippen molar-refractivity contribution < 1.29 is 9.21 Å². The zero-order valence-corrected chi connectivity index (χ0v) is 13.6. The maximum Gasteiger partial charge on any atom is 0.245 e. The number of carbonyl (C=O) groups excluding carboxylic acids is 1. The number of hydrogen-bond donors (Lipinski definition) is 1. The van der Waals surface area contributed by atoms with Gasteiger partial charge in [-0.15, -0.1) is 11.3 Å². The highest BCUT2D eigenvalue weighted by Crippen LogP contribution is 2.23. The Morgan fingerprint density at radius 2 is 2.04 bits per heavy atom. The van der Waals surface area contributed by atoms with Gasteiger partial charge in [-0.2, -0.15) is 5.10 Å². The van der Waals surface area contributed by atoms with E-state index < -0.39 is 0 Å². The van der Waals surface area contributed by atoms with Gasteiger partial charge in [-0.25, -0.2) is 5.43 Å². The Morgan fingerprint density at radius 1 is 1.22 bits per heavy atom. The van der Waals surface area contributed by atoms with Crippen LogP contribution in [0.15, 0.2) is 63.4 Å². The topological polar surface area (TPSA) is 54.6 Å². The molecule has 0 bridgehead atoms. The van der Waals surface area contributed by atoms with Crippen LogP contribution in [-0.2, 0) is 11.2 Å². The van der Waals surface area contributed by atoms with Gasteiger partial charge >= 0.3 is 0 Å². The summed E-state index contributed by atoms with van der Waals surface area (Å²) in [4.78, 5) is 12.7. The van der Waals surface area contributed by atoms with E-state index in [0.717, 1.165) is 10.4 Å². The van der Waals surface area contributed by atoms with Gasteiger partial charge in [0.1, 0.15) is 11.5 Å². The minimum absolute atomic E-state index is 0.159. The number of nitrogens with zero attached hydrogens (tertiary/aromatic N) is 1. The predicted molar refractivity (Wildman–Crippen MR) is 92.9 cm³/mol. The first-order valence-electron chi connectivity index (χ1n) is 6.91. The van der Waals surface area contributed by atoms with E-state index in [0.29, 0.717) is 23.0 Å². The van der Waals surface area contributed by atoms with Crippen LogP contribution in [0.3, 0.4) is 0 Å². The van der Waals surface area contributed by atoms with E-state index in [-0.39, 0.29) is 5.91 Å². The van der Waals surface area contributed by atoms with Crippen LogP contribution in [0.4, 0.5) is 0 Å². The number of rotatable bonds is 5. The minimum Gasteiger partial charge on any atom is -0.455 e. The van der Waals surface area contributed by atoms with Gasteiger partial charge in [-0.05, 0) is 47.8 Å². The fraction of sp³-hybridized carbons (Fsp3) is 0.0588. The summed E-state index contributed by atoms with van der Waals surface area (Å²) in [7, 11) is 0. The molecule has 0 unspecified atom stereocenters. The molecule has 0 aliphatic carbocycles. The second-order valence-corrected chi connectivity index (χ2v) is 6.23. The highest BCUT2D eigenvalue weighted by atomic mass is 35.5. The molecule has 1 aromatic carbocycles. The summed E-state index contributed by atoms with van der Waals surface area (Å²) in [6, 6.07) is 14.8. The lowest BCUT2D eigenvalue weighted by atomic mass is 10.2. The third-order valence-corrected chi connectivity index (χ3v) is 4.18. The minimum atomic E-state index is -0.159. The van der Waals surface area contributed by atoms with Crippen molar-refractivity contribution in [3.05, 3.63) is 69.6 Å². The van der Waals surface area contributed by atoms with Crippen LogP contribution in [0.25, 0.3) is 11.3 Å². The number of benzene rings is 1. The third kappa shape index (κ3) is 4.31. The summed E-state index contributed by atoms with van der Waals surface area (Å²) in [6.45, 7) is 0. The molecule has 0 atom stereocenters. The zero-order valence-electron chi connectivity index (χ0n) is 12.0. The van der Waals surface area contributed by atoms with Gasteiger partial charge in [-0.1, -0.05) is 17.7 Å². The molecule has 2 aromatic heterocycles. The van der Waals surface area contributed by atoms with Crippen molar-refractivity contribution in [2.75, 3.05) is 0 Å². The number of nitrogens with one attached hydrogen (secondary N) is 1. The highest BCUT2D eigenvalue weighted by Gasteiger charge is 2.04. The maximum atomic E-state index is 11.7. The van der Waals surface area contributed by atoms with Gasteiger partial charge in [0.25, 0.3) is 0 Å². The van der Waals surface area contributed by atoms with E-state index >= 15 is 0 Å². The van der Waals surface area contributed by atoms with Gasteiger partial charge < -0.3 is 4.42 Å². The predicted octanol–water partition coefficient (Wildman–Crippen LogP) is 4.35. The molecule has 0 saturated carbocycles. The lowest BCUT2D eigenvalue weighted by molar-refractivity contribution is -0.120. The van der Waals surface area contributed by atoms with Crippen LogP contribution in [0.2, 0.25) is 5.02 Å². The summed E-state index contributed by atoms with van der Waals surface area (Å²) in [5.41, 5.74) is 3.41. The monoisotopic (exact) mass is 344 g/mol. The second-order valence-electron chi connectivity index (χ2n) is 4.76. The molecule has 116 valence electrons. The molecule has 3 rings (SSSR count). The fourth-order valence-corrected chi connectivity index (χ4v) is 2.80. The molecule has 1 N–H and O–H groups in total. The van der Waals surface area contributed by atoms with Gasteiger partial charge in [-0.3, -0.25) is 4.79 Å². The molecule has 23 heavy (non-hydrogen) atoms. The Bertz CT molecular complexity index is 808. The van der Waals surface area contributed by atoms with E-state index in [1.807, 2.05) is 35.7 Å². The van der Waals surface area contributed by atoms with Crippen LogP contribution < -0.4 is 5.43 Å². The fourth-order valence-electron chi connectivity index (χ4n) is 1.97. The molecule has 0 radical (unpaired) electrons. The van der Waals surface area contributed by atoms with Crippen LogP contribution in [-0.4, -0.2) is 12.1 Å². The number of furan rings is 1. The van der Waals surface area contributed by atoms with Crippen molar-refractivity contribution in [1.82, 2.24) is 5.43 Å². The number of thiophene rings is 1. The van der Waals surface area contributed by atoms with Crippen LogP contribution in [0.5, 0.6) is 0 Å². The largest absolute Gasteiger partial charge is 0.455 e. The highest BCUT2D eigenvalue weighted by molar-refractivity contribution is 7.10. The summed E-state index contributed by atoms with van der Waals surface area (Å²) in [6.07, 6.45) is 1.80. The molecule has 1 amide bonds. The Kier molecular flexibility index (Phi) is 4.90. The molecule has 0 saturated heterocycles. The maximum absolute atomic E-state index is 11.7. The van der Waals surface area contributed by atoms with Crippen LogP contribution in [0.1, 0.15) is 10.6 Å². The smallest absolute Gasteiger partial charge is 0.245 e. The first-order valence-corrected chi connectivity index (χ1v) is 8.16. The van der Waals surface area contributed by atoms with Gasteiger partial charge in [0.15, 0.2) is 0 Å². The summed E-state index contributed by atoms with van der Waals surface area (Å²) in [5, 5.41) is 6.52. The number of amides is 1. The lowest BCUT2D eigenvalue weighted by Gasteiger charge is -1.97. The molecule has 2 heterocycles. The first kappa shape index (κ1) is 15.5. The van der Waals surface area contributed by atoms with E-state index in [9.17, 15) is 4.79 Å².